The highest BCUT2D eigenvalue weighted by Gasteiger charge is 2.37. The zero-order valence-electron chi connectivity index (χ0n) is 8.85. The van der Waals surface area contributed by atoms with Crippen LogP contribution in [0.5, 0.6) is 0 Å². The molecule has 0 aromatic heterocycles. The molecule has 0 spiro atoms. The second-order valence-electron chi connectivity index (χ2n) is 3.23. The first-order valence-corrected chi connectivity index (χ1v) is 4.46. The van der Waals surface area contributed by atoms with E-state index in [0.717, 1.165) is 7.11 Å². The van der Waals surface area contributed by atoms with E-state index in [9.17, 15) is 9.18 Å². The zero-order valence-corrected chi connectivity index (χ0v) is 8.85. The van der Waals surface area contributed by atoms with E-state index in [2.05, 4.69) is 14.8 Å². The summed E-state index contributed by atoms with van der Waals surface area (Å²) in [5, 5.41) is 3.32. The molecule has 0 heterocycles. The molecule has 6 heteroatoms. The van der Waals surface area contributed by atoms with Crippen molar-refractivity contribution in [1.82, 2.24) is 0 Å². The summed E-state index contributed by atoms with van der Waals surface area (Å²) in [6, 6.07) is 5.59. The van der Waals surface area contributed by atoms with Crippen LogP contribution in [0.2, 0.25) is 0 Å². The van der Waals surface area contributed by atoms with Crippen molar-refractivity contribution in [3.63, 3.8) is 0 Å². The van der Waals surface area contributed by atoms with E-state index in [4.69, 9.17) is 5.53 Å². The molecule has 0 fully saturated rings. The molecule has 84 valence electrons. The highest BCUT2D eigenvalue weighted by atomic mass is 19.1. The number of nitrogens with zero attached hydrogens (tertiary/aromatic N) is 3. The first kappa shape index (κ1) is 12.0. The van der Waals surface area contributed by atoms with E-state index in [1.165, 1.54) is 25.1 Å². The maximum Gasteiger partial charge on any atom is 0.322 e. The fourth-order valence-electron chi connectivity index (χ4n) is 1.35. The van der Waals surface area contributed by atoms with Crippen LogP contribution in [-0.2, 0) is 15.1 Å². The molecule has 0 aliphatic carbocycles. The maximum atomic E-state index is 13.5. The van der Waals surface area contributed by atoms with Gasteiger partial charge in [0.25, 0.3) is 0 Å². The largest absolute Gasteiger partial charge is 0.468 e. The van der Waals surface area contributed by atoms with E-state index in [1.54, 1.807) is 6.07 Å². The number of azide groups is 1. The number of hydrogen-bond acceptors (Lipinski definition) is 3. The normalized spacial score (nSPS) is 13.4. The molecule has 1 rings (SSSR count). The van der Waals surface area contributed by atoms with Crippen LogP contribution in [0, 0.1) is 5.82 Å². The minimum atomic E-state index is -1.69. The van der Waals surface area contributed by atoms with Gasteiger partial charge in [-0.05, 0) is 18.5 Å². The van der Waals surface area contributed by atoms with E-state index >= 15 is 0 Å². The fourth-order valence-corrected chi connectivity index (χ4v) is 1.35. The Hall–Kier alpha value is -2.07. The van der Waals surface area contributed by atoms with Gasteiger partial charge in [-0.3, -0.25) is 4.79 Å². The molecular formula is C10H10FN3O2. The van der Waals surface area contributed by atoms with Crippen LogP contribution < -0.4 is 0 Å². The Balaban J connectivity index is 3.38. The van der Waals surface area contributed by atoms with Crippen molar-refractivity contribution in [2.75, 3.05) is 7.11 Å². The molecule has 1 aromatic rings. The average molecular weight is 223 g/mol. The molecule has 0 saturated heterocycles. The summed E-state index contributed by atoms with van der Waals surface area (Å²) in [6.07, 6.45) is 0. The van der Waals surface area contributed by atoms with Crippen molar-refractivity contribution >= 4 is 5.97 Å². The van der Waals surface area contributed by atoms with Gasteiger partial charge in [0.1, 0.15) is 5.82 Å². The zero-order chi connectivity index (χ0) is 12.2. The SMILES string of the molecule is COC(=O)C(C)(N=[N+]=[N-])c1ccccc1F. The molecule has 0 saturated carbocycles. The number of methoxy groups -OCH3 is 1. The van der Waals surface area contributed by atoms with Gasteiger partial charge in [-0.2, -0.15) is 0 Å². The Kier molecular flexibility index (Phi) is 3.48. The monoisotopic (exact) mass is 223 g/mol. The number of benzene rings is 1. The van der Waals surface area contributed by atoms with Gasteiger partial charge in [-0.15, -0.1) is 0 Å². The van der Waals surface area contributed by atoms with Crippen molar-refractivity contribution in [2.24, 2.45) is 5.11 Å². The summed E-state index contributed by atoms with van der Waals surface area (Å²) < 4.78 is 18.0. The van der Waals surface area contributed by atoms with Crippen LogP contribution in [-0.4, -0.2) is 13.1 Å². The summed E-state index contributed by atoms with van der Waals surface area (Å²) in [5.74, 6) is -1.43. The molecule has 1 atom stereocenters. The van der Waals surface area contributed by atoms with Gasteiger partial charge in [-0.1, -0.05) is 23.3 Å². The summed E-state index contributed by atoms with van der Waals surface area (Å²) in [5.41, 5.74) is 6.73. The molecule has 0 amide bonds. The molecule has 0 N–H and O–H groups in total. The Morgan fingerprint density at radius 2 is 2.19 bits per heavy atom. The number of esters is 1. The molecule has 0 aliphatic rings. The number of hydrogen-bond donors (Lipinski definition) is 0. The minimum absolute atomic E-state index is 0.0142. The van der Waals surface area contributed by atoms with Crippen molar-refractivity contribution in [2.45, 2.75) is 12.5 Å². The number of halogens is 1. The first-order chi connectivity index (χ1) is 7.56. The standard InChI is InChI=1S/C10H10FN3O2/c1-10(13-14-12,9(15)16-2)7-5-3-4-6-8(7)11/h3-6H,1-2H3. The molecular weight excluding hydrogens is 213 g/mol. The molecule has 0 radical (unpaired) electrons. The van der Waals surface area contributed by atoms with E-state index < -0.39 is 17.3 Å². The predicted molar refractivity (Wildman–Crippen MR) is 54.9 cm³/mol. The highest BCUT2D eigenvalue weighted by molar-refractivity contribution is 5.82. The number of ether oxygens (including phenoxy) is 1. The van der Waals surface area contributed by atoms with Crippen LogP contribution in [0.25, 0.3) is 10.4 Å². The quantitative estimate of drug-likeness (QED) is 0.341. The molecule has 0 bridgehead atoms. The molecule has 16 heavy (non-hydrogen) atoms. The second kappa shape index (κ2) is 4.63. The lowest BCUT2D eigenvalue weighted by Crippen LogP contribution is -2.32. The van der Waals surface area contributed by atoms with Gasteiger partial charge in [-0.25, -0.2) is 4.39 Å². The fraction of sp³-hybridized carbons (Fsp3) is 0.300. The molecule has 0 aliphatic heterocycles. The third-order valence-corrected chi connectivity index (χ3v) is 2.23. The van der Waals surface area contributed by atoms with E-state index in [-0.39, 0.29) is 5.56 Å². The van der Waals surface area contributed by atoms with Gasteiger partial charge in [0, 0.05) is 10.5 Å². The van der Waals surface area contributed by atoms with E-state index in [1.807, 2.05) is 0 Å². The molecule has 5 nitrogen and oxygen atoms in total. The minimum Gasteiger partial charge on any atom is -0.468 e. The lowest BCUT2D eigenvalue weighted by Gasteiger charge is -2.21. The van der Waals surface area contributed by atoms with Gasteiger partial charge in [0.2, 0.25) is 0 Å². The van der Waals surface area contributed by atoms with Gasteiger partial charge < -0.3 is 4.74 Å². The Morgan fingerprint density at radius 1 is 1.56 bits per heavy atom. The highest BCUT2D eigenvalue weighted by Crippen LogP contribution is 2.29. The number of carbonyl (C=O) groups excluding carboxylic acids is 1. The Bertz CT molecular complexity index is 457. The van der Waals surface area contributed by atoms with Crippen molar-refractivity contribution in [3.8, 4) is 0 Å². The topological polar surface area (TPSA) is 75.1 Å². The maximum absolute atomic E-state index is 13.5. The molecule has 1 aromatic carbocycles. The van der Waals surface area contributed by atoms with Crippen LogP contribution in [0.1, 0.15) is 12.5 Å². The van der Waals surface area contributed by atoms with Crippen LogP contribution in [0.3, 0.4) is 0 Å². The molecule has 1 unspecified atom stereocenters. The second-order valence-corrected chi connectivity index (χ2v) is 3.23. The Labute approximate surface area is 91.5 Å². The summed E-state index contributed by atoms with van der Waals surface area (Å²) in [4.78, 5) is 14.1. The van der Waals surface area contributed by atoms with Crippen molar-refractivity contribution in [3.05, 3.63) is 46.1 Å². The van der Waals surface area contributed by atoms with Crippen LogP contribution in [0.15, 0.2) is 29.4 Å². The third-order valence-electron chi connectivity index (χ3n) is 2.23. The van der Waals surface area contributed by atoms with Gasteiger partial charge >= 0.3 is 5.97 Å². The van der Waals surface area contributed by atoms with Gasteiger partial charge in [0.15, 0.2) is 5.54 Å². The first-order valence-electron chi connectivity index (χ1n) is 4.46. The lowest BCUT2D eigenvalue weighted by atomic mass is 9.93. The smallest absolute Gasteiger partial charge is 0.322 e. The number of rotatable bonds is 3. The lowest BCUT2D eigenvalue weighted by molar-refractivity contribution is -0.146. The van der Waals surface area contributed by atoms with Crippen LogP contribution in [0.4, 0.5) is 4.39 Å². The third kappa shape index (κ3) is 1.97. The summed E-state index contributed by atoms with van der Waals surface area (Å²) in [7, 11) is 1.15. The van der Waals surface area contributed by atoms with Crippen molar-refractivity contribution < 1.29 is 13.9 Å². The summed E-state index contributed by atoms with van der Waals surface area (Å²) in [6.45, 7) is 1.30. The van der Waals surface area contributed by atoms with Crippen molar-refractivity contribution in [1.29, 1.82) is 0 Å². The van der Waals surface area contributed by atoms with Crippen LogP contribution >= 0.6 is 0 Å². The average Bonchev–Trinajstić information content (AvgIpc) is 2.28. The summed E-state index contributed by atoms with van der Waals surface area (Å²) >= 11 is 0. The Morgan fingerprint density at radius 3 is 2.69 bits per heavy atom. The number of carbonyl (C=O) groups is 1. The van der Waals surface area contributed by atoms with E-state index in [0.29, 0.717) is 0 Å². The predicted octanol–water partition coefficient (Wildman–Crippen LogP) is 2.52. The van der Waals surface area contributed by atoms with Gasteiger partial charge in [0.05, 0.1) is 7.11 Å².